The summed E-state index contributed by atoms with van der Waals surface area (Å²) in [6.45, 7) is 2.39. The molecule has 0 aromatic heterocycles. The Balaban J connectivity index is 2.02. The minimum absolute atomic E-state index is 0.269. The summed E-state index contributed by atoms with van der Waals surface area (Å²) in [6.07, 6.45) is 0. The lowest BCUT2D eigenvalue weighted by atomic mass is 10.2. The van der Waals surface area contributed by atoms with Crippen LogP contribution in [0.2, 0.25) is 0 Å². The molecule has 17 heavy (non-hydrogen) atoms. The fraction of sp³-hybridized carbons (Fsp3) is 0.143. The predicted molar refractivity (Wildman–Crippen MR) is 69.6 cm³/mol. The average Bonchev–Trinajstić information content (AvgIpc) is 2.33. The minimum Gasteiger partial charge on any atom is -0.489 e. The Morgan fingerprint density at radius 1 is 1.12 bits per heavy atom. The van der Waals surface area contributed by atoms with Gasteiger partial charge in [0, 0.05) is 0 Å². The SMILES string of the molecule is Cc1ccc(OCc2ccc(Br)c(F)c2)cc1. The van der Waals surface area contributed by atoms with E-state index in [-0.39, 0.29) is 5.82 Å². The van der Waals surface area contributed by atoms with Gasteiger partial charge in [0.25, 0.3) is 0 Å². The molecule has 0 atom stereocenters. The van der Waals surface area contributed by atoms with Gasteiger partial charge in [0.2, 0.25) is 0 Å². The maximum absolute atomic E-state index is 13.3. The highest BCUT2D eigenvalue weighted by Gasteiger charge is 2.01. The summed E-state index contributed by atoms with van der Waals surface area (Å²) in [4.78, 5) is 0. The Bertz CT molecular complexity index is 508. The van der Waals surface area contributed by atoms with E-state index in [1.807, 2.05) is 37.3 Å². The molecule has 0 bridgehead atoms. The topological polar surface area (TPSA) is 9.23 Å². The number of hydrogen-bond donors (Lipinski definition) is 0. The normalized spacial score (nSPS) is 10.3. The summed E-state index contributed by atoms with van der Waals surface area (Å²) in [5.41, 5.74) is 2.00. The first-order valence-corrected chi connectivity index (χ1v) is 6.08. The van der Waals surface area contributed by atoms with Crippen molar-refractivity contribution >= 4 is 15.9 Å². The van der Waals surface area contributed by atoms with E-state index in [4.69, 9.17) is 4.74 Å². The van der Waals surface area contributed by atoms with E-state index in [0.29, 0.717) is 11.1 Å². The number of halogens is 2. The fourth-order valence-electron chi connectivity index (χ4n) is 1.43. The van der Waals surface area contributed by atoms with Gasteiger partial charge in [-0.25, -0.2) is 4.39 Å². The molecule has 2 rings (SSSR count). The molecule has 0 aliphatic heterocycles. The smallest absolute Gasteiger partial charge is 0.137 e. The Kier molecular flexibility index (Phi) is 3.79. The van der Waals surface area contributed by atoms with Crippen molar-refractivity contribution in [3.05, 3.63) is 63.9 Å². The third-order valence-corrected chi connectivity index (χ3v) is 3.05. The monoisotopic (exact) mass is 294 g/mol. The lowest BCUT2D eigenvalue weighted by molar-refractivity contribution is 0.305. The fourth-order valence-corrected chi connectivity index (χ4v) is 1.68. The summed E-state index contributed by atoms with van der Waals surface area (Å²) < 4.78 is 19.3. The molecule has 0 aliphatic rings. The first-order valence-electron chi connectivity index (χ1n) is 5.28. The quantitative estimate of drug-likeness (QED) is 0.811. The van der Waals surface area contributed by atoms with Crippen molar-refractivity contribution < 1.29 is 9.13 Å². The first kappa shape index (κ1) is 12.1. The maximum atomic E-state index is 13.3. The highest BCUT2D eigenvalue weighted by atomic mass is 79.9. The number of ether oxygens (including phenoxy) is 1. The lowest BCUT2D eigenvalue weighted by Gasteiger charge is -2.07. The third-order valence-electron chi connectivity index (χ3n) is 2.41. The standard InChI is InChI=1S/C14H12BrFO/c1-10-2-5-12(6-3-10)17-9-11-4-7-13(15)14(16)8-11/h2-8H,9H2,1H3. The third kappa shape index (κ3) is 3.30. The molecule has 0 unspecified atom stereocenters. The molecule has 0 N–H and O–H groups in total. The number of hydrogen-bond acceptors (Lipinski definition) is 1. The van der Waals surface area contributed by atoms with Crippen LogP contribution in [-0.4, -0.2) is 0 Å². The van der Waals surface area contributed by atoms with Crippen molar-refractivity contribution in [1.82, 2.24) is 0 Å². The van der Waals surface area contributed by atoms with Crippen LogP contribution in [0.4, 0.5) is 4.39 Å². The van der Waals surface area contributed by atoms with Crippen molar-refractivity contribution in [3.8, 4) is 5.75 Å². The van der Waals surface area contributed by atoms with Crippen molar-refractivity contribution in [3.63, 3.8) is 0 Å². The molecule has 88 valence electrons. The molecule has 2 aromatic carbocycles. The van der Waals surface area contributed by atoms with Gasteiger partial charge in [-0.15, -0.1) is 0 Å². The Hall–Kier alpha value is -1.35. The lowest BCUT2D eigenvalue weighted by Crippen LogP contribution is -1.96. The molecule has 1 nitrogen and oxygen atoms in total. The van der Waals surface area contributed by atoms with Crippen molar-refractivity contribution in [1.29, 1.82) is 0 Å². The van der Waals surface area contributed by atoms with Gasteiger partial charge < -0.3 is 4.74 Å². The molecule has 0 aliphatic carbocycles. The predicted octanol–water partition coefficient (Wildman–Crippen LogP) is 4.48. The summed E-state index contributed by atoms with van der Waals surface area (Å²) in [5.74, 6) is 0.522. The van der Waals surface area contributed by atoms with E-state index in [0.717, 1.165) is 11.3 Å². The van der Waals surface area contributed by atoms with Crippen LogP contribution in [0, 0.1) is 12.7 Å². The number of aryl methyl sites for hydroxylation is 1. The van der Waals surface area contributed by atoms with Crippen LogP contribution < -0.4 is 4.74 Å². The zero-order chi connectivity index (χ0) is 12.3. The van der Waals surface area contributed by atoms with Crippen LogP contribution in [0.15, 0.2) is 46.9 Å². The van der Waals surface area contributed by atoms with Crippen molar-refractivity contribution in [2.45, 2.75) is 13.5 Å². The highest BCUT2D eigenvalue weighted by Crippen LogP contribution is 2.18. The first-order chi connectivity index (χ1) is 8.15. The molecule has 0 amide bonds. The van der Waals surface area contributed by atoms with Crippen LogP contribution in [0.25, 0.3) is 0 Å². The minimum atomic E-state index is -0.269. The molecule has 0 saturated heterocycles. The maximum Gasteiger partial charge on any atom is 0.137 e. The second-order valence-corrected chi connectivity index (χ2v) is 4.70. The van der Waals surface area contributed by atoms with Gasteiger partial charge in [-0.3, -0.25) is 0 Å². The van der Waals surface area contributed by atoms with E-state index in [1.165, 1.54) is 11.6 Å². The van der Waals surface area contributed by atoms with E-state index >= 15 is 0 Å². The molecule has 2 aromatic rings. The molecule has 0 spiro atoms. The molecule has 0 heterocycles. The van der Waals surface area contributed by atoms with Gasteiger partial charge in [-0.05, 0) is 52.7 Å². The Labute approximate surface area is 108 Å². The van der Waals surface area contributed by atoms with E-state index < -0.39 is 0 Å². The summed E-state index contributed by atoms with van der Waals surface area (Å²) in [5, 5.41) is 0. The van der Waals surface area contributed by atoms with E-state index in [1.54, 1.807) is 6.07 Å². The molecular weight excluding hydrogens is 283 g/mol. The zero-order valence-electron chi connectivity index (χ0n) is 9.41. The summed E-state index contributed by atoms with van der Waals surface area (Å²) in [7, 11) is 0. The van der Waals surface area contributed by atoms with Crippen LogP contribution in [-0.2, 0) is 6.61 Å². The van der Waals surface area contributed by atoms with E-state index in [2.05, 4.69) is 15.9 Å². The molecule has 0 radical (unpaired) electrons. The van der Waals surface area contributed by atoms with Gasteiger partial charge in [0.15, 0.2) is 0 Å². The molecule has 0 fully saturated rings. The Morgan fingerprint density at radius 2 is 1.82 bits per heavy atom. The highest BCUT2D eigenvalue weighted by molar-refractivity contribution is 9.10. The van der Waals surface area contributed by atoms with Crippen LogP contribution in [0.1, 0.15) is 11.1 Å². The van der Waals surface area contributed by atoms with Gasteiger partial charge >= 0.3 is 0 Å². The number of rotatable bonds is 3. The summed E-state index contributed by atoms with van der Waals surface area (Å²) in [6, 6.07) is 12.8. The Morgan fingerprint density at radius 3 is 2.47 bits per heavy atom. The second kappa shape index (κ2) is 5.32. The largest absolute Gasteiger partial charge is 0.489 e. The van der Waals surface area contributed by atoms with Gasteiger partial charge in [0.1, 0.15) is 18.2 Å². The van der Waals surface area contributed by atoms with Crippen molar-refractivity contribution in [2.75, 3.05) is 0 Å². The molecule has 0 saturated carbocycles. The van der Waals surface area contributed by atoms with Crippen LogP contribution >= 0.6 is 15.9 Å². The number of benzene rings is 2. The van der Waals surface area contributed by atoms with Gasteiger partial charge in [0.05, 0.1) is 4.47 Å². The van der Waals surface area contributed by atoms with Crippen LogP contribution in [0.5, 0.6) is 5.75 Å². The zero-order valence-corrected chi connectivity index (χ0v) is 11.0. The second-order valence-electron chi connectivity index (χ2n) is 3.85. The average molecular weight is 295 g/mol. The molecule has 3 heteroatoms. The van der Waals surface area contributed by atoms with Gasteiger partial charge in [-0.1, -0.05) is 23.8 Å². The van der Waals surface area contributed by atoms with Crippen LogP contribution in [0.3, 0.4) is 0 Å². The van der Waals surface area contributed by atoms with Gasteiger partial charge in [-0.2, -0.15) is 0 Å². The molecular formula is C14H12BrFO. The van der Waals surface area contributed by atoms with E-state index in [9.17, 15) is 4.39 Å². The summed E-state index contributed by atoms with van der Waals surface area (Å²) >= 11 is 3.12. The van der Waals surface area contributed by atoms with Crippen molar-refractivity contribution in [2.24, 2.45) is 0 Å².